The fraction of sp³-hybridized carbons (Fsp3) is 0.600. The van der Waals surface area contributed by atoms with Crippen molar-refractivity contribution >= 4 is 12.1 Å². The minimum atomic E-state index is -4.35. The lowest BCUT2D eigenvalue weighted by Crippen LogP contribution is -2.10. The van der Waals surface area contributed by atoms with Crippen molar-refractivity contribution in [1.29, 1.82) is 0 Å². The molecule has 0 atom stereocenters. The molecule has 0 heterocycles. The fourth-order valence-corrected chi connectivity index (χ4v) is 0.324. The molecule has 5 heteroatoms. The van der Waals surface area contributed by atoms with E-state index in [1.807, 2.05) is 0 Å². The van der Waals surface area contributed by atoms with Crippen LogP contribution in [-0.2, 0) is 9.59 Å². The smallest absolute Gasteiger partial charge is 0.295 e. The molecule has 0 aromatic heterocycles. The van der Waals surface area contributed by atoms with Gasteiger partial charge >= 0.3 is 6.18 Å². The van der Waals surface area contributed by atoms with Gasteiger partial charge in [0.15, 0.2) is 12.1 Å². The summed E-state index contributed by atoms with van der Waals surface area (Å²) in [6.45, 7) is 0. The molecule has 0 radical (unpaired) electrons. The maximum Gasteiger partial charge on any atom is 0.389 e. The number of hydrogen-bond acceptors (Lipinski definition) is 2. The average Bonchev–Trinajstić information content (AvgIpc) is 1.81. The van der Waals surface area contributed by atoms with E-state index in [1.165, 1.54) is 0 Å². The number of ketones is 1. The Morgan fingerprint density at radius 1 is 1.40 bits per heavy atom. The monoisotopic (exact) mass is 154 g/mol. The van der Waals surface area contributed by atoms with Gasteiger partial charge in [-0.05, 0) is 0 Å². The standard InChI is InChI=1S/C5H5F3O2/c6-5(7,8)2-1-4(10)3-9/h3H,1-2H2. The fourth-order valence-electron chi connectivity index (χ4n) is 0.324. The molecule has 0 N–H and O–H groups in total. The van der Waals surface area contributed by atoms with Gasteiger partial charge < -0.3 is 0 Å². The number of aldehydes is 1. The molecule has 0 aliphatic heterocycles. The highest BCUT2D eigenvalue weighted by Crippen LogP contribution is 2.20. The molecule has 0 fully saturated rings. The molecule has 0 saturated heterocycles. The van der Waals surface area contributed by atoms with Gasteiger partial charge in [-0.25, -0.2) is 0 Å². The molecular weight excluding hydrogens is 149 g/mol. The van der Waals surface area contributed by atoms with Crippen LogP contribution in [-0.4, -0.2) is 18.2 Å². The SMILES string of the molecule is O=CC(=O)CCC(F)(F)F. The molecule has 0 unspecified atom stereocenters. The van der Waals surface area contributed by atoms with Gasteiger partial charge in [-0.15, -0.1) is 0 Å². The third-order valence-electron chi connectivity index (χ3n) is 0.786. The van der Waals surface area contributed by atoms with Gasteiger partial charge in [0, 0.05) is 6.42 Å². The summed E-state index contributed by atoms with van der Waals surface area (Å²) in [5, 5.41) is 0. The second kappa shape index (κ2) is 3.34. The van der Waals surface area contributed by atoms with Crippen molar-refractivity contribution in [3.05, 3.63) is 0 Å². The Balaban J connectivity index is 3.55. The first-order chi connectivity index (χ1) is 4.45. The van der Waals surface area contributed by atoms with E-state index < -0.39 is 24.8 Å². The van der Waals surface area contributed by atoms with Crippen molar-refractivity contribution in [3.8, 4) is 0 Å². The van der Waals surface area contributed by atoms with E-state index in [-0.39, 0.29) is 6.29 Å². The van der Waals surface area contributed by atoms with E-state index in [9.17, 15) is 22.8 Å². The Morgan fingerprint density at radius 2 is 1.90 bits per heavy atom. The number of hydrogen-bond donors (Lipinski definition) is 0. The van der Waals surface area contributed by atoms with Crippen molar-refractivity contribution in [2.75, 3.05) is 0 Å². The van der Waals surface area contributed by atoms with Crippen molar-refractivity contribution < 1.29 is 22.8 Å². The van der Waals surface area contributed by atoms with Crippen LogP contribution in [0.2, 0.25) is 0 Å². The van der Waals surface area contributed by atoms with Crippen LogP contribution < -0.4 is 0 Å². The van der Waals surface area contributed by atoms with Gasteiger partial charge in [0.25, 0.3) is 0 Å². The van der Waals surface area contributed by atoms with Crippen molar-refractivity contribution in [2.24, 2.45) is 0 Å². The third kappa shape index (κ3) is 5.27. The quantitative estimate of drug-likeness (QED) is 0.450. The number of alkyl halides is 3. The summed E-state index contributed by atoms with van der Waals surface area (Å²) in [5.41, 5.74) is 0. The van der Waals surface area contributed by atoms with E-state index in [0.29, 0.717) is 0 Å². The minimum absolute atomic E-state index is 0.105. The Labute approximate surface area is 55.0 Å². The Kier molecular flexibility index (Phi) is 3.05. The minimum Gasteiger partial charge on any atom is -0.295 e. The van der Waals surface area contributed by atoms with Crippen LogP contribution in [0.15, 0.2) is 0 Å². The van der Waals surface area contributed by atoms with E-state index >= 15 is 0 Å². The summed E-state index contributed by atoms with van der Waals surface area (Å²) >= 11 is 0. The van der Waals surface area contributed by atoms with Gasteiger partial charge in [-0.1, -0.05) is 0 Å². The molecule has 2 nitrogen and oxygen atoms in total. The summed E-state index contributed by atoms with van der Waals surface area (Å²) in [6, 6.07) is 0. The lowest BCUT2D eigenvalue weighted by Gasteiger charge is -2.01. The molecule has 0 aliphatic carbocycles. The molecule has 0 aromatic rings. The summed E-state index contributed by atoms with van der Waals surface area (Å²) < 4.78 is 33.9. The molecule has 0 spiro atoms. The highest BCUT2D eigenvalue weighted by Gasteiger charge is 2.27. The molecule has 0 saturated carbocycles. The zero-order chi connectivity index (χ0) is 8.20. The zero-order valence-corrected chi connectivity index (χ0v) is 4.94. The van der Waals surface area contributed by atoms with Gasteiger partial charge in [-0.3, -0.25) is 9.59 Å². The average molecular weight is 154 g/mol. The first-order valence-corrected chi connectivity index (χ1v) is 2.50. The van der Waals surface area contributed by atoms with Crippen LogP contribution in [0.3, 0.4) is 0 Å². The highest BCUT2D eigenvalue weighted by atomic mass is 19.4. The van der Waals surface area contributed by atoms with Crippen LogP contribution in [0.5, 0.6) is 0 Å². The summed E-state index contributed by atoms with van der Waals surface area (Å²) in [4.78, 5) is 19.5. The third-order valence-corrected chi connectivity index (χ3v) is 0.786. The Hall–Kier alpha value is -0.870. The first-order valence-electron chi connectivity index (χ1n) is 2.50. The van der Waals surface area contributed by atoms with Crippen LogP contribution in [0.25, 0.3) is 0 Å². The van der Waals surface area contributed by atoms with Gasteiger partial charge in [0.2, 0.25) is 0 Å². The number of carbonyl (C=O) groups excluding carboxylic acids is 2. The van der Waals surface area contributed by atoms with Crippen LogP contribution >= 0.6 is 0 Å². The predicted molar refractivity (Wildman–Crippen MR) is 26.4 cm³/mol. The maximum atomic E-state index is 11.3. The lowest BCUT2D eigenvalue weighted by molar-refractivity contribution is -0.144. The largest absolute Gasteiger partial charge is 0.389 e. The topological polar surface area (TPSA) is 34.1 Å². The van der Waals surface area contributed by atoms with Crippen molar-refractivity contribution in [2.45, 2.75) is 19.0 Å². The molecule has 0 rings (SSSR count). The van der Waals surface area contributed by atoms with E-state index in [2.05, 4.69) is 0 Å². The first kappa shape index (κ1) is 9.13. The normalized spacial score (nSPS) is 11.1. The highest BCUT2D eigenvalue weighted by molar-refractivity contribution is 6.24. The Morgan fingerprint density at radius 3 is 2.20 bits per heavy atom. The molecule has 0 aliphatic rings. The van der Waals surface area contributed by atoms with Crippen molar-refractivity contribution in [1.82, 2.24) is 0 Å². The molecule has 58 valence electrons. The summed E-state index contributed by atoms with van der Waals surface area (Å²) in [6.07, 6.45) is -6.41. The molecular formula is C5H5F3O2. The summed E-state index contributed by atoms with van der Waals surface area (Å²) in [7, 11) is 0. The molecule has 10 heavy (non-hydrogen) atoms. The van der Waals surface area contributed by atoms with Crippen LogP contribution in [0.1, 0.15) is 12.8 Å². The van der Waals surface area contributed by atoms with Crippen LogP contribution in [0.4, 0.5) is 13.2 Å². The zero-order valence-electron chi connectivity index (χ0n) is 4.94. The maximum absolute atomic E-state index is 11.3. The van der Waals surface area contributed by atoms with E-state index in [4.69, 9.17) is 0 Å². The number of Topliss-reactive ketones (excluding diaryl/α,β-unsaturated/α-hetero) is 1. The molecule has 0 aromatic carbocycles. The predicted octanol–water partition coefficient (Wildman–Crippen LogP) is 1.10. The van der Waals surface area contributed by atoms with Crippen LogP contribution in [0, 0.1) is 0 Å². The Bertz CT molecular complexity index is 138. The van der Waals surface area contributed by atoms with E-state index in [1.54, 1.807) is 0 Å². The molecule has 0 bridgehead atoms. The number of rotatable bonds is 3. The van der Waals surface area contributed by atoms with Gasteiger partial charge in [0.1, 0.15) is 0 Å². The van der Waals surface area contributed by atoms with Gasteiger partial charge in [0.05, 0.1) is 6.42 Å². The van der Waals surface area contributed by atoms with Gasteiger partial charge in [-0.2, -0.15) is 13.2 Å². The van der Waals surface area contributed by atoms with E-state index in [0.717, 1.165) is 0 Å². The number of halogens is 3. The summed E-state index contributed by atoms with van der Waals surface area (Å²) in [5.74, 6) is -1.02. The number of carbonyl (C=O) groups is 2. The lowest BCUT2D eigenvalue weighted by atomic mass is 10.2. The molecule has 0 amide bonds. The second-order valence-corrected chi connectivity index (χ2v) is 1.70. The second-order valence-electron chi connectivity index (χ2n) is 1.70. The van der Waals surface area contributed by atoms with Crippen molar-refractivity contribution in [3.63, 3.8) is 0 Å².